The fourth-order valence-electron chi connectivity index (χ4n) is 4.08. The molecule has 0 aliphatic carbocycles. The van der Waals surface area contributed by atoms with Crippen LogP contribution < -0.4 is 20.5 Å². The van der Waals surface area contributed by atoms with Crippen LogP contribution >= 0.6 is 39.0 Å². The first kappa shape index (κ1) is 27.0. The van der Waals surface area contributed by atoms with E-state index < -0.39 is 23.4 Å². The maximum absolute atomic E-state index is 13.7. The van der Waals surface area contributed by atoms with Gasteiger partial charge < -0.3 is 14.1 Å². The van der Waals surface area contributed by atoms with Gasteiger partial charge in [0.15, 0.2) is 15.1 Å². The Morgan fingerprint density at radius 3 is 2.72 bits per heavy atom. The quantitative estimate of drug-likeness (QED) is 0.254. The molecular weight excluding hydrogens is 611 g/mol. The number of hydrogen-bond donors (Lipinski definition) is 1. The van der Waals surface area contributed by atoms with Gasteiger partial charge >= 0.3 is 5.97 Å². The van der Waals surface area contributed by atoms with E-state index in [0.29, 0.717) is 46.8 Å². The molecule has 1 aromatic carbocycles. The Bertz CT molecular complexity index is 1870. The van der Waals surface area contributed by atoms with Crippen molar-refractivity contribution >= 4 is 51.1 Å². The molecular formula is C26H20BrFN4O5S2. The van der Waals surface area contributed by atoms with Gasteiger partial charge in [-0.05, 0) is 72.2 Å². The molecule has 0 saturated carbocycles. The van der Waals surface area contributed by atoms with E-state index in [-0.39, 0.29) is 17.7 Å². The summed E-state index contributed by atoms with van der Waals surface area (Å²) in [4.78, 5) is 50.2. The third-order valence-electron chi connectivity index (χ3n) is 5.69. The highest BCUT2D eigenvalue weighted by Gasteiger charge is 2.33. The van der Waals surface area contributed by atoms with Crippen LogP contribution in [0.1, 0.15) is 36.9 Å². The molecule has 5 rings (SSSR count). The second kappa shape index (κ2) is 10.9. The third-order valence-corrected chi connectivity index (χ3v) is 8.40. The van der Waals surface area contributed by atoms with Gasteiger partial charge in [0.05, 0.1) is 32.9 Å². The monoisotopic (exact) mass is 630 g/mol. The highest BCUT2D eigenvalue weighted by molar-refractivity contribution is 9.10. The molecule has 0 amide bonds. The summed E-state index contributed by atoms with van der Waals surface area (Å²) < 4.78 is 27.2. The van der Waals surface area contributed by atoms with E-state index >= 15 is 0 Å². The number of aromatic amines is 1. The fourth-order valence-corrected chi connectivity index (χ4v) is 6.47. The van der Waals surface area contributed by atoms with E-state index in [4.69, 9.17) is 9.15 Å². The molecule has 3 aromatic heterocycles. The number of furan rings is 1. The lowest BCUT2D eigenvalue weighted by Crippen LogP contribution is -2.39. The average Bonchev–Trinajstić information content (AvgIpc) is 3.36. The van der Waals surface area contributed by atoms with Crippen molar-refractivity contribution < 1.29 is 18.3 Å². The second-order valence-electron chi connectivity index (χ2n) is 8.43. The van der Waals surface area contributed by atoms with Gasteiger partial charge in [-0.15, -0.1) is 0 Å². The van der Waals surface area contributed by atoms with Crippen LogP contribution in [0.5, 0.6) is 0 Å². The Balaban J connectivity index is 1.60. The summed E-state index contributed by atoms with van der Waals surface area (Å²) in [7, 11) is 0. The number of nitrogens with one attached hydrogen (secondary N) is 1. The normalized spacial score (nSPS) is 15.3. The van der Waals surface area contributed by atoms with Crippen molar-refractivity contribution in [3.63, 3.8) is 0 Å². The summed E-state index contributed by atoms with van der Waals surface area (Å²) in [5.41, 5.74) is 1.06. The van der Waals surface area contributed by atoms with Crippen molar-refractivity contribution in [1.82, 2.24) is 14.5 Å². The number of aromatic nitrogens is 3. The number of esters is 1. The molecule has 200 valence electrons. The number of halogens is 2. The highest BCUT2D eigenvalue weighted by atomic mass is 79.9. The van der Waals surface area contributed by atoms with Crippen molar-refractivity contribution in [2.75, 3.05) is 6.61 Å². The number of hydrogen-bond acceptors (Lipinski definition) is 9. The largest absolute Gasteiger partial charge is 0.463 e. The van der Waals surface area contributed by atoms with Crippen molar-refractivity contribution in [1.29, 1.82) is 0 Å². The Kier molecular flexibility index (Phi) is 7.56. The molecule has 1 aliphatic heterocycles. The predicted molar refractivity (Wildman–Crippen MR) is 147 cm³/mol. The maximum Gasteiger partial charge on any atom is 0.338 e. The summed E-state index contributed by atoms with van der Waals surface area (Å²) in [5.74, 6) is -0.655. The molecule has 4 heterocycles. The number of aryl methyl sites for hydroxylation is 1. The van der Waals surface area contributed by atoms with E-state index in [9.17, 15) is 18.8 Å². The highest BCUT2D eigenvalue weighted by Crippen LogP contribution is 2.34. The van der Waals surface area contributed by atoms with Gasteiger partial charge in [-0.25, -0.2) is 19.2 Å². The first-order valence-electron chi connectivity index (χ1n) is 11.6. The van der Waals surface area contributed by atoms with Gasteiger partial charge in [0.1, 0.15) is 11.6 Å². The van der Waals surface area contributed by atoms with Crippen LogP contribution in [0.25, 0.3) is 6.08 Å². The Labute approximate surface area is 236 Å². The van der Waals surface area contributed by atoms with Crippen molar-refractivity contribution in [2.45, 2.75) is 37.1 Å². The van der Waals surface area contributed by atoms with Crippen LogP contribution in [0.15, 0.2) is 81.4 Å². The number of carbonyl (C=O) groups is 1. The fraction of sp³-hybridized carbons (Fsp3) is 0.192. The summed E-state index contributed by atoms with van der Waals surface area (Å²) in [5, 5.41) is 0.801. The number of thiazole rings is 1. The zero-order valence-corrected chi connectivity index (χ0v) is 24.0. The van der Waals surface area contributed by atoms with E-state index in [1.165, 1.54) is 34.9 Å². The molecule has 1 aliphatic rings. The van der Waals surface area contributed by atoms with Crippen molar-refractivity contribution in [2.24, 2.45) is 4.99 Å². The summed E-state index contributed by atoms with van der Waals surface area (Å²) in [6.45, 7) is 5.24. The lowest BCUT2D eigenvalue weighted by molar-refractivity contribution is -0.139. The van der Waals surface area contributed by atoms with Gasteiger partial charge in [0.25, 0.3) is 11.1 Å². The first-order valence-corrected chi connectivity index (χ1v) is 14.1. The minimum atomic E-state index is -0.846. The molecule has 0 spiro atoms. The van der Waals surface area contributed by atoms with Gasteiger partial charge in [0.2, 0.25) is 0 Å². The van der Waals surface area contributed by atoms with Crippen molar-refractivity contribution in [3.8, 4) is 0 Å². The summed E-state index contributed by atoms with van der Waals surface area (Å²) in [6.07, 6.45) is 1.58. The first-order chi connectivity index (χ1) is 18.6. The zero-order chi connectivity index (χ0) is 27.8. The lowest BCUT2D eigenvalue weighted by atomic mass is 9.96. The topological polar surface area (TPSA) is 120 Å². The van der Waals surface area contributed by atoms with Crippen LogP contribution in [0.3, 0.4) is 0 Å². The smallest absolute Gasteiger partial charge is 0.338 e. The minimum absolute atomic E-state index is 0.149. The second-order valence-corrected chi connectivity index (χ2v) is 11.3. The van der Waals surface area contributed by atoms with Crippen LogP contribution in [0, 0.1) is 12.7 Å². The number of nitrogens with zero attached hydrogens (tertiary/aromatic N) is 3. The number of fused-ring (bicyclic) bond motifs is 1. The molecule has 4 aromatic rings. The van der Waals surface area contributed by atoms with Crippen LogP contribution in [-0.2, 0) is 9.53 Å². The van der Waals surface area contributed by atoms with Crippen molar-refractivity contribution in [3.05, 3.63) is 105 Å². The molecule has 0 unspecified atom stereocenters. The number of allylic oxidation sites excluding steroid dienone is 1. The third kappa shape index (κ3) is 5.47. The molecule has 0 saturated heterocycles. The van der Waals surface area contributed by atoms with E-state index in [1.54, 1.807) is 32.9 Å². The SMILES string of the molecule is CCOC(=O)C1=C(C)N=c2s/c(=C/c3cc(Br)c(Sc4nc(C)cc(=O)[nH]4)o3)c(=O)n2[C@@H]1c1ccc(F)cc1. The molecule has 9 nitrogen and oxygen atoms in total. The van der Waals surface area contributed by atoms with Gasteiger partial charge in [0, 0.05) is 17.8 Å². The predicted octanol–water partition coefficient (Wildman–Crippen LogP) is 3.84. The van der Waals surface area contributed by atoms with E-state index in [2.05, 4.69) is 30.9 Å². The van der Waals surface area contributed by atoms with Crippen LogP contribution in [-0.4, -0.2) is 27.1 Å². The van der Waals surface area contributed by atoms with Gasteiger partial charge in [-0.1, -0.05) is 23.5 Å². The molecule has 1 N–H and O–H groups in total. The maximum atomic E-state index is 13.7. The summed E-state index contributed by atoms with van der Waals surface area (Å²) in [6, 6.07) is 7.86. The zero-order valence-electron chi connectivity index (χ0n) is 20.8. The average molecular weight is 632 g/mol. The number of ether oxygens (including phenoxy) is 1. The molecule has 0 fully saturated rings. The Morgan fingerprint density at radius 2 is 2.03 bits per heavy atom. The standard InChI is InChI=1S/C26H20BrFN4O5S2/c1-4-36-23(35)20-13(3)30-26-32(21(20)14-5-7-15(28)8-6-14)22(34)18(38-26)11-16-10-17(27)24(37-16)39-25-29-12(2)9-19(33)31-25/h5-11,21H,4H2,1-3H3,(H,29,31,33)/b18-11+/t21-/m1/s1. The molecule has 13 heteroatoms. The molecule has 39 heavy (non-hydrogen) atoms. The van der Waals surface area contributed by atoms with E-state index in [1.807, 2.05) is 0 Å². The number of carbonyl (C=O) groups excluding carboxylic acids is 1. The Hall–Kier alpha value is -3.55. The molecule has 1 atom stereocenters. The summed E-state index contributed by atoms with van der Waals surface area (Å²) >= 11 is 5.71. The molecule has 0 radical (unpaired) electrons. The van der Waals surface area contributed by atoms with Gasteiger partial charge in [-0.2, -0.15) is 0 Å². The lowest BCUT2D eigenvalue weighted by Gasteiger charge is -2.24. The van der Waals surface area contributed by atoms with Crippen LogP contribution in [0.2, 0.25) is 0 Å². The number of benzene rings is 1. The number of rotatable bonds is 6. The molecule has 0 bridgehead atoms. The van der Waals surface area contributed by atoms with Gasteiger partial charge in [-0.3, -0.25) is 14.2 Å². The van der Waals surface area contributed by atoms with Crippen LogP contribution in [0.4, 0.5) is 4.39 Å². The Morgan fingerprint density at radius 1 is 1.28 bits per heavy atom. The van der Waals surface area contributed by atoms with E-state index in [0.717, 1.165) is 23.1 Å². The number of H-pyrrole nitrogens is 1. The minimum Gasteiger partial charge on any atom is -0.463 e.